The van der Waals surface area contributed by atoms with Gasteiger partial charge >= 0.3 is 6.03 Å². The first-order chi connectivity index (χ1) is 13.5. The van der Waals surface area contributed by atoms with Gasteiger partial charge in [0, 0.05) is 18.7 Å². The maximum Gasteiger partial charge on any atom is 0.329 e. The number of nitrogens with one attached hydrogen (secondary N) is 2. The molecule has 0 spiro atoms. The lowest BCUT2D eigenvalue weighted by atomic mass is 10.2. The summed E-state index contributed by atoms with van der Waals surface area (Å²) in [6.07, 6.45) is 2.97. The molecule has 28 heavy (non-hydrogen) atoms. The fourth-order valence-corrected chi connectivity index (χ4v) is 3.03. The van der Waals surface area contributed by atoms with Crippen molar-refractivity contribution in [3.05, 3.63) is 56.6 Å². The standard InChI is InChI=1S/C19H21ClN4O4/c1-3-4-9-23-18(26)15(21-19(23)27)10-14-16(11-28-2)22-24(17(14)25)13-7-5-12(20)6-8-13/h5-8,10,22H,3-4,9,11H2,1-2H3,(H,21,27)/b15-10-. The van der Waals surface area contributed by atoms with E-state index in [1.807, 2.05) is 6.92 Å². The molecule has 1 fully saturated rings. The molecule has 2 N–H and O–H groups in total. The highest BCUT2D eigenvalue weighted by molar-refractivity contribution is 6.30. The van der Waals surface area contributed by atoms with Crippen LogP contribution >= 0.6 is 11.6 Å². The van der Waals surface area contributed by atoms with Gasteiger partial charge in [0.05, 0.1) is 23.6 Å². The van der Waals surface area contributed by atoms with Crippen LogP contribution in [-0.4, -0.2) is 40.3 Å². The summed E-state index contributed by atoms with van der Waals surface area (Å²) in [7, 11) is 1.50. The molecule has 0 atom stereocenters. The zero-order valence-corrected chi connectivity index (χ0v) is 16.4. The Labute approximate surface area is 166 Å². The van der Waals surface area contributed by atoms with Crippen molar-refractivity contribution in [2.24, 2.45) is 0 Å². The van der Waals surface area contributed by atoms with Crippen molar-refractivity contribution in [2.75, 3.05) is 13.7 Å². The summed E-state index contributed by atoms with van der Waals surface area (Å²) in [6.45, 7) is 2.45. The van der Waals surface area contributed by atoms with Crippen LogP contribution in [0.5, 0.6) is 0 Å². The number of amides is 3. The van der Waals surface area contributed by atoms with Crippen LogP contribution in [0.4, 0.5) is 4.79 Å². The van der Waals surface area contributed by atoms with Gasteiger partial charge < -0.3 is 10.1 Å². The Morgan fingerprint density at radius 2 is 1.89 bits per heavy atom. The molecule has 1 aromatic heterocycles. The smallest absolute Gasteiger partial charge is 0.329 e. The summed E-state index contributed by atoms with van der Waals surface area (Å²) in [5, 5.41) is 6.08. The van der Waals surface area contributed by atoms with Gasteiger partial charge in [-0.15, -0.1) is 0 Å². The number of imide groups is 1. The SMILES string of the molecule is CCCCN1C(=O)N/C(=C\c2c(COC)[nH]n(-c3ccc(Cl)cc3)c2=O)C1=O. The third-order valence-electron chi connectivity index (χ3n) is 4.37. The topological polar surface area (TPSA) is 96.4 Å². The number of unbranched alkanes of at least 4 members (excludes halogenated alkanes) is 1. The van der Waals surface area contributed by atoms with Gasteiger partial charge in [0.25, 0.3) is 11.5 Å². The van der Waals surface area contributed by atoms with Crippen molar-refractivity contribution < 1.29 is 14.3 Å². The molecule has 8 nitrogen and oxygen atoms in total. The highest BCUT2D eigenvalue weighted by Gasteiger charge is 2.33. The molecule has 2 aromatic rings. The van der Waals surface area contributed by atoms with E-state index >= 15 is 0 Å². The van der Waals surface area contributed by atoms with Crippen LogP contribution in [-0.2, 0) is 16.1 Å². The first kappa shape index (κ1) is 19.9. The molecule has 3 amide bonds. The number of carbonyl (C=O) groups is 2. The average Bonchev–Trinajstić information content (AvgIpc) is 3.12. The number of H-pyrrole nitrogens is 1. The fraction of sp³-hybridized carbons (Fsp3) is 0.316. The molecule has 9 heteroatoms. The molecule has 1 aliphatic heterocycles. The number of nitrogens with zero attached hydrogens (tertiary/aromatic N) is 2. The van der Waals surface area contributed by atoms with E-state index in [9.17, 15) is 14.4 Å². The average molecular weight is 405 g/mol. The van der Waals surface area contributed by atoms with E-state index in [0.717, 1.165) is 17.7 Å². The first-order valence-corrected chi connectivity index (χ1v) is 9.27. The zero-order chi connectivity index (χ0) is 20.3. The van der Waals surface area contributed by atoms with Crippen molar-refractivity contribution in [3.8, 4) is 5.69 Å². The highest BCUT2D eigenvalue weighted by atomic mass is 35.5. The minimum absolute atomic E-state index is 0.0674. The predicted molar refractivity (Wildman–Crippen MR) is 105 cm³/mol. The number of aromatic nitrogens is 2. The van der Waals surface area contributed by atoms with Gasteiger partial charge in [-0.1, -0.05) is 24.9 Å². The van der Waals surface area contributed by atoms with Gasteiger partial charge in [-0.2, -0.15) is 0 Å². The Morgan fingerprint density at radius 3 is 2.54 bits per heavy atom. The lowest BCUT2D eigenvalue weighted by molar-refractivity contribution is -0.122. The van der Waals surface area contributed by atoms with E-state index < -0.39 is 11.9 Å². The Morgan fingerprint density at radius 1 is 1.18 bits per heavy atom. The van der Waals surface area contributed by atoms with E-state index in [-0.39, 0.29) is 23.4 Å². The Kier molecular flexibility index (Phi) is 6.01. The lowest BCUT2D eigenvalue weighted by Crippen LogP contribution is -2.31. The quantitative estimate of drug-likeness (QED) is 0.547. The minimum Gasteiger partial charge on any atom is -0.378 e. The summed E-state index contributed by atoms with van der Waals surface area (Å²) in [5.41, 5.74) is 1.03. The molecule has 1 saturated heterocycles. The van der Waals surface area contributed by atoms with E-state index in [1.54, 1.807) is 24.3 Å². The van der Waals surface area contributed by atoms with Gasteiger partial charge in [0.2, 0.25) is 0 Å². The summed E-state index contributed by atoms with van der Waals surface area (Å²) >= 11 is 5.91. The number of hydrogen-bond acceptors (Lipinski definition) is 4. The van der Waals surface area contributed by atoms with Crippen LogP contribution < -0.4 is 10.9 Å². The molecule has 0 radical (unpaired) electrons. The molecule has 0 unspecified atom stereocenters. The Hall–Kier alpha value is -2.84. The monoisotopic (exact) mass is 404 g/mol. The summed E-state index contributed by atoms with van der Waals surface area (Å²) in [5.74, 6) is -0.444. The highest BCUT2D eigenvalue weighted by Crippen LogP contribution is 2.17. The van der Waals surface area contributed by atoms with Crippen molar-refractivity contribution in [1.82, 2.24) is 20.0 Å². The largest absolute Gasteiger partial charge is 0.378 e. The number of benzene rings is 1. The van der Waals surface area contributed by atoms with E-state index in [4.69, 9.17) is 16.3 Å². The summed E-state index contributed by atoms with van der Waals surface area (Å²) in [6, 6.07) is 6.26. The number of hydrogen-bond donors (Lipinski definition) is 2. The second kappa shape index (κ2) is 8.45. The molecule has 0 saturated carbocycles. The molecule has 1 aromatic carbocycles. The number of aromatic amines is 1. The van der Waals surface area contributed by atoms with Crippen molar-refractivity contribution >= 4 is 29.6 Å². The number of carbonyl (C=O) groups excluding carboxylic acids is 2. The van der Waals surface area contributed by atoms with Gasteiger partial charge in [-0.05, 0) is 36.8 Å². The number of urea groups is 1. The maximum atomic E-state index is 12.9. The van der Waals surface area contributed by atoms with Crippen LogP contribution in [0.25, 0.3) is 11.8 Å². The number of ether oxygens (including phenoxy) is 1. The summed E-state index contributed by atoms with van der Waals surface area (Å²) < 4.78 is 6.50. The Balaban J connectivity index is 2.00. The molecule has 0 aliphatic carbocycles. The van der Waals surface area contributed by atoms with Gasteiger partial charge in [0.1, 0.15) is 5.70 Å². The lowest BCUT2D eigenvalue weighted by Gasteiger charge is -2.09. The summed E-state index contributed by atoms with van der Waals surface area (Å²) in [4.78, 5) is 38.7. The molecular formula is C19H21ClN4O4. The van der Waals surface area contributed by atoms with Crippen LogP contribution in [0.1, 0.15) is 31.0 Å². The normalized spacial score (nSPS) is 15.5. The fourth-order valence-electron chi connectivity index (χ4n) is 2.91. The molecule has 1 aliphatic rings. The van der Waals surface area contributed by atoms with Crippen LogP contribution in [0.3, 0.4) is 0 Å². The molecule has 2 heterocycles. The third-order valence-corrected chi connectivity index (χ3v) is 4.62. The minimum atomic E-state index is -0.480. The van der Waals surface area contributed by atoms with Crippen molar-refractivity contribution in [2.45, 2.75) is 26.4 Å². The van der Waals surface area contributed by atoms with E-state index in [2.05, 4.69) is 10.4 Å². The number of methoxy groups -OCH3 is 1. The first-order valence-electron chi connectivity index (χ1n) is 8.89. The van der Waals surface area contributed by atoms with Crippen molar-refractivity contribution in [3.63, 3.8) is 0 Å². The van der Waals surface area contributed by atoms with Crippen LogP contribution in [0.2, 0.25) is 5.02 Å². The Bertz CT molecular complexity index is 975. The van der Waals surface area contributed by atoms with E-state index in [0.29, 0.717) is 22.9 Å². The van der Waals surface area contributed by atoms with Gasteiger partial charge in [-0.3, -0.25) is 19.6 Å². The number of halogens is 1. The maximum absolute atomic E-state index is 12.9. The van der Waals surface area contributed by atoms with E-state index in [1.165, 1.54) is 17.9 Å². The van der Waals surface area contributed by atoms with Crippen molar-refractivity contribution in [1.29, 1.82) is 0 Å². The number of rotatable bonds is 7. The second-order valence-corrected chi connectivity index (χ2v) is 6.79. The molecular weight excluding hydrogens is 384 g/mol. The predicted octanol–water partition coefficient (Wildman–Crippen LogP) is 2.66. The molecule has 3 rings (SSSR count). The molecule has 0 bridgehead atoms. The van der Waals surface area contributed by atoms with Crippen LogP contribution in [0.15, 0.2) is 34.8 Å². The second-order valence-electron chi connectivity index (χ2n) is 6.35. The van der Waals surface area contributed by atoms with Gasteiger partial charge in [0.15, 0.2) is 0 Å². The third kappa shape index (κ3) is 3.88. The molecule has 148 valence electrons. The zero-order valence-electron chi connectivity index (χ0n) is 15.6. The van der Waals surface area contributed by atoms with Gasteiger partial charge in [-0.25, -0.2) is 9.48 Å². The van der Waals surface area contributed by atoms with Crippen LogP contribution in [0, 0.1) is 0 Å².